The summed E-state index contributed by atoms with van der Waals surface area (Å²) >= 11 is 0. The number of benzene rings is 3. The van der Waals surface area contributed by atoms with Crippen LogP contribution in [0.3, 0.4) is 0 Å². The maximum absolute atomic E-state index is 12.9. The largest absolute Gasteiger partial charge is 0.495 e. The number of nitrogens with one attached hydrogen (secondary N) is 1. The molecule has 0 saturated heterocycles. The Labute approximate surface area is 187 Å². The fourth-order valence-corrected chi connectivity index (χ4v) is 3.13. The summed E-state index contributed by atoms with van der Waals surface area (Å²) in [5, 5.41) is 3.04. The normalized spacial score (nSPS) is 11.3. The topological polar surface area (TPSA) is 81.7 Å². The molecule has 1 atom stereocenters. The molecule has 1 N–H and O–H groups in total. The van der Waals surface area contributed by atoms with Gasteiger partial charge < -0.3 is 14.8 Å². The molecule has 0 heterocycles. The Balaban J connectivity index is 1.74. The summed E-state index contributed by atoms with van der Waals surface area (Å²) in [4.78, 5) is 38.0. The predicted molar refractivity (Wildman–Crippen MR) is 122 cm³/mol. The van der Waals surface area contributed by atoms with Crippen molar-refractivity contribution in [2.24, 2.45) is 0 Å². The van der Waals surface area contributed by atoms with Crippen molar-refractivity contribution in [2.75, 3.05) is 19.0 Å². The Morgan fingerprint density at radius 3 is 2.12 bits per heavy atom. The first kappa shape index (κ1) is 22.7. The highest BCUT2D eigenvalue weighted by atomic mass is 16.5. The van der Waals surface area contributed by atoms with Crippen molar-refractivity contribution in [3.63, 3.8) is 0 Å². The predicted octanol–water partition coefficient (Wildman–Crippen LogP) is 4.48. The van der Waals surface area contributed by atoms with Crippen LogP contribution in [0.15, 0.2) is 78.9 Å². The Morgan fingerprint density at radius 2 is 1.44 bits per heavy atom. The van der Waals surface area contributed by atoms with E-state index in [9.17, 15) is 14.4 Å². The van der Waals surface area contributed by atoms with E-state index >= 15 is 0 Å². The van der Waals surface area contributed by atoms with Crippen molar-refractivity contribution in [1.29, 1.82) is 0 Å². The molecule has 0 fully saturated rings. The van der Waals surface area contributed by atoms with Crippen LogP contribution in [0, 0.1) is 6.92 Å². The molecule has 6 heteroatoms. The van der Waals surface area contributed by atoms with E-state index in [0.717, 1.165) is 5.56 Å². The molecule has 3 aromatic carbocycles. The first-order valence-corrected chi connectivity index (χ1v) is 10.2. The fraction of sp³-hybridized carbons (Fsp3) is 0.192. The number of carbonyl (C=O) groups is 3. The summed E-state index contributed by atoms with van der Waals surface area (Å²) in [5.74, 6) is -0.711. The second-order valence-electron chi connectivity index (χ2n) is 7.29. The van der Waals surface area contributed by atoms with Gasteiger partial charge in [-0.05, 0) is 19.1 Å². The standard InChI is InChI=1S/C26H25NO5/c1-18-12-14-20(15-13-18)24(29)17-32-26(30)22(16-23(28)19-8-4-3-5-9-19)27-21-10-6-7-11-25(21)31-2/h3-15,22,27H,16-17H2,1-2H3/t22-/m0/s1. The van der Waals surface area contributed by atoms with Gasteiger partial charge in [0.15, 0.2) is 18.2 Å². The van der Waals surface area contributed by atoms with Crippen LogP contribution in [0.2, 0.25) is 0 Å². The van der Waals surface area contributed by atoms with Crippen molar-refractivity contribution < 1.29 is 23.9 Å². The van der Waals surface area contributed by atoms with E-state index in [2.05, 4.69) is 5.32 Å². The van der Waals surface area contributed by atoms with Crippen molar-refractivity contribution in [3.05, 3.63) is 95.6 Å². The van der Waals surface area contributed by atoms with E-state index in [0.29, 0.717) is 22.6 Å². The molecular formula is C26H25NO5. The molecule has 6 nitrogen and oxygen atoms in total. The Morgan fingerprint density at radius 1 is 0.812 bits per heavy atom. The van der Waals surface area contributed by atoms with Crippen LogP contribution in [-0.2, 0) is 9.53 Å². The van der Waals surface area contributed by atoms with Crippen LogP contribution < -0.4 is 10.1 Å². The molecule has 0 aliphatic carbocycles. The van der Waals surface area contributed by atoms with Crippen LogP contribution in [-0.4, -0.2) is 37.3 Å². The van der Waals surface area contributed by atoms with Crippen LogP contribution >= 0.6 is 0 Å². The minimum atomic E-state index is -0.996. The Hall–Kier alpha value is -3.93. The number of carbonyl (C=O) groups excluding carboxylic acids is 3. The van der Waals surface area contributed by atoms with Crippen LogP contribution in [0.1, 0.15) is 32.7 Å². The van der Waals surface area contributed by atoms with Gasteiger partial charge in [-0.3, -0.25) is 9.59 Å². The molecule has 3 rings (SSSR count). The zero-order valence-corrected chi connectivity index (χ0v) is 18.0. The summed E-state index contributed by atoms with van der Waals surface area (Å²) in [5.41, 5.74) is 2.52. The third-order valence-electron chi connectivity index (χ3n) is 4.93. The maximum atomic E-state index is 12.9. The number of Topliss-reactive ketones (excluding diaryl/α,β-unsaturated/α-hetero) is 2. The second kappa shape index (κ2) is 10.9. The first-order chi connectivity index (χ1) is 15.5. The molecular weight excluding hydrogens is 406 g/mol. The summed E-state index contributed by atoms with van der Waals surface area (Å²) in [7, 11) is 1.52. The lowest BCUT2D eigenvalue weighted by Gasteiger charge is -2.19. The number of anilines is 1. The van der Waals surface area contributed by atoms with Crippen molar-refractivity contribution in [2.45, 2.75) is 19.4 Å². The van der Waals surface area contributed by atoms with Crippen LogP contribution in [0.25, 0.3) is 0 Å². The van der Waals surface area contributed by atoms with Gasteiger partial charge in [0.1, 0.15) is 11.8 Å². The number of methoxy groups -OCH3 is 1. The Bertz CT molecular complexity index is 1080. The van der Waals surface area contributed by atoms with E-state index in [1.807, 2.05) is 25.1 Å². The molecule has 0 spiro atoms. The number of para-hydroxylation sites is 2. The quantitative estimate of drug-likeness (QED) is 0.376. The monoisotopic (exact) mass is 431 g/mol. The average Bonchev–Trinajstić information content (AvgIpc) is 2.83. The smallest absolute Gasteiger partial charge is 0.329 e. The lowest BCUT2D eigenvalue weighted by molar-refractivity contribution is -0.143. The molecule has 0 bridgehead atoms. The zero-order valence-electron chi connectivity index (χ0n) is 18.0. The van der Waals surface area contributed by atoms with Crippen molar-refractivity contribution in [3.8, 4) is 5.75 Å². The van der Waals surface area contributed by atoms with Gasteiger partial charge in [0.2, 0.25) is 0 Å². The van der Waals surface area contributed by atoms with Crippen LogP contribution in [0.5, 0.6) is 5.75 Å². The first-order valence-electron chi connectivity index (χ1n) is 10.2. The fourth-order valence-electron chi connectivity index (χ4n) is 3.13. The molecule has 164 valence electrons. The van der Waals surface area contributed by atoms with Gasteiger partial charge in [0.05, 0.1) is 12.8 Å². The van der Waals surface area contributed by atoms with Gasteiger partial charge in [-0.2, -0.15) is 0 Å². The highest BCUT2D eigenvalue weighted by Gasteiger charge is 2.26. The van der Waals surface area contributed by atoms with Gasteiger partial charge in [-0.25, -0.2) is 4.79 Å². The maximum Gasteiger partial charge on any atom is 0.329 e. The molecule has 0 aliphatic heterocycles. The summed E-state index contributed by atoms with van der Waals surface area (Å²) in [6, 6.07) is 21.8. The minimum Gasteiger partial charge on any atom is -0.495 e. The van der Waals surface area contributed by atoms with Gasteiger partial charge in [-0.1, -0.05) is 72.3 Å². The molecule has 0 radical (unpaired) electrons. The molecule has 0 saturated carbocycles. The number of ether oxygens (including phenoxy) is 2. The van der Waals surface area contributed by atoms with Gasteiger partial charge in [0, 0.05) is 17.5 Å². The molecule has 0 aliphatic rings. The lowest BCUT2D eigenvalue weighted by Crippen LogP contribution is -2.35. The van der Waals surface area contributed by atoms with Gasteiger partial charge in [-0.15, -0.1) is 0 Å². The molecule has 32 heavy (non-hydrogen) atoms. The van der Waals surface area contributed by atoms with Crippen molar-refractivity contribution >= 4 is 23.2 Å². The Kier molecular flexibility index (Phi) is 7.75. The second-order valence-corrected chi connectivity index (χ2v) is 7.29. The van der Waals surface area contributed by atoms with Gasteiger partial charge >= 0.3 is 5.97 Å². The van der Waals surface area contributed by atoms with E-state index in [4.69, 9.17) is 9.47 Å². The number of esters is 1. The molecule has 0 aromatic heterocycles. The number of aryl methyl sites for hydroxylation is 1. The highest BCUT2D eigenvalue weighted by molar-refractivity contribution is 6.01. The minimum absolute atomic E-state index is 0.139. The third kappa shape index (κ3) is 6.04. The van der Waals surface area contributed by atoms with Gasteiger partial charge in [0.25, 0.3) is 0 Å². The van der Waals surface area contributed by atoms with E-state index in [1.165, 1.54) is 7.11 Å². The SMILES string of the molecule is COc1ccccc1N[C@@H](CC(=O)c1ccccc1)C(=O)OCC(=O)c1ccc(C)cc1. The van der Waals surface area contributed by atoms with E-state index < -0.39 is 18.6 Å². The number of rotatable bonds is 10. The molecule has 3 aromatic rings. The summed E-state index contributed by atoms with van der Waals surface area (Å²) < 4.78 is 10.6. The zero-order chi connectivity index (χ0) is 22.9. The van der Waals surface area contributed by atoms with E-state index in [-0.39, 0.29) is 18.0 Å². The lowest BCUT2D eigenvalue weighted by atomic mass is 10.0. The number of ketones is 2. The highest BCUT2D eigenvalue weighted by Crippen LogP contribution is 2.25. The van der Waals surface area contributed by atoms with E-state index in [1.54, 1.807) is 60.7 Å². The summed E-state index contributed by atoms with van der Waals surface area (Å²) in [6.45, 7) is 1.51. The molecule has 0 unspecified atom stereocenters. The third-order valence-corrected chi connectivity index (χ3v) is 4.93. The summed E-state index contributed by atoms with van der Waals surface area (Å²) in [6.07, 6.45) is -0.139. The number of hydrogen-bond donors (Lipinski definition) is 1. The molecule has 0 amide bonds. The van der Waals surface area contributed by atoms with Crippen LogP contribution in [0.4, 0.5) is 5.69 Å². The van der Waals surface area contributed by atoms with Crippen molar-refractivity contribution in [1.82, 2.24) is 0 Å². The number of hydrogen-bond acceptors (Lipinski definition) is 6. The average molecular weight is 431 g/mol.